The van der Waals surface area contributed by atoms with Crippen molar-refractivity contribution in [1.82, 2.24) is 10.2 Å². The van der Waals surface area contributed by atoms with E-state index in [1.807, 2.05) is 13.8 Å². The highest BCUT2D eigenvalue weighted by molar-refractivity contribution is 7.92. The van der Waals surface area contributed by atoms with E-state index >= 15 is 0 Å². The summed E-state index contributed by atoms with van der Waals surface area (Å²) in [6, 6.07) is 19.0. The summed E-state index contributed by atoms with van der Waals surface area (Å²) in [5.41, 5.74) is 1.98. The Hall–Kier alpha value is -3.56. The van der Waals surface area contributed by atoms with Crippen LogP contribution in [0.1, 0.15) is 31.9 Å². The summed E-state index contributed by atoms with van der Waals surface area (Å²) in [5, 5.41) is 3.23. The Kier molecular flexibility index (Phi) is 10.4. The molecule has 0 spiro atoms. The monoisotopic (exact) mass is 571 g/mol. The molecular formula is C29H34ClN3O5S. The van der Waals surface area contributed by atoms with Gasteiger partial charge in [0.05, 0.1) is 17.2 Å². The van der Waals surface area contributed by atoms with Crippen molar-refractivity contribution in [3.05, 3.63) is 88.9 Å². The third-order valence-corrected chi connectivity index (χ3v) is 8.11. The summed E-state index contributed by atoms with van der Waals surface area (Å²) < 4.78 is 34.3. The van der Waals surface area contributed by atoms with Crippen molar-refractivity contribution in [3.8, 4) is 5.75 Å². The SMILES string of the molecule is CCNC(=O)[C@@H](C)N(Cc1cccc(Cl)c1)C(=O)CN(c1ccc(C)cc1)S(=O)(=O)c1ccc(OCC)cc1. The van der Waals surface area contributed by atoms with Crippen LogP contribution in [0.4, 0.5) is 5.69 Å². The molecule has 0 fully saturated rings. The fourth-order valence-corrected chi connectivity index (χ4v) is 5.61. The molecule has 1 N–H and O–H groups in total. The first-order valence-electron chi connectivity index (χ1n) is 12.7. The van der Waals surface area contributed by atoms with Gasteiger partial charge in [0.2, 0.25) is 11.8 Å². The normalized spacial score (nSPS) is 11.9. The Bertz CT molecular complexity index is 1380. The van der Waals surface area contributed by atoms with Crippen LogP contribution in [0.5, 0.6) is 5.75 Å². The van der Waals surface area contributed by atoms with Gasteiger partial charge < -0.3 is 15.0 Å². The summed E-state index contributed by atoms with van der Waals surface area (Å²) >= 11 is 6.16. The van der Waals surface area contributed by atoms with E-state index in [2.05, 4.69) is 5.32 Å². The zero-order chi connectivity index (χ0) is 28.6. The summed E-state index contributed by atoms with van der Waals surface area (Å²) in [5.74, 6) is -0.342. The summed E-state index contributed by atoms with van der Waals surface area (Å²) in [6.45, 7) is 7.53. The summed E-state index contributed by atoms with van der Waals surface area (Å²) in [6.07, 6.45) is 0. The zero-order valence-electron chi connectivity index (χ0n) is 22.6. The van der Waals surface area contributed by atoms with Crippen molar-refractivity contribution in [2.75, 3.05) is 24.0 Å². The molecule has 39 heavy (non-hydrogen) atoms. The van der Waals surface area contributed by atoms with E-state index < -0.39 is 28.5 Å². The lowest BCUT2D eigenvalue weighted by Crippen LogP contribution is -2.51. The minimum absolute atomic E-state index is 0.0116. The lowest BCUT2D eigenvalue weighted by molar-refractivity contribution is -0.139. The molecule has 8 nitrogen and oxygen atoms in total. The Morgan fingerprint density at radius 1 is 1.00 bits per heavy atom. The molecule has 3 aromatic carbocycles. The highest BCUT2D eigenvalue weighted by Gasteiger charge is 2.32. The van der Waals surface area contributed by atoms with Gasteiger partial charge >= 0.3 is 0 Å². The number of sulfonamides is 1. The Morgan fingerprint density at radius 2 is 1.67 bits per heavy atom. The average Bonchev–Trinajstić information content (AvgIpc) is 2.91. The van der Waals surface area contributed by atoms with E-state index in [1.54, 1.807) is 74.5 Å². The van der Waals surface area contributed by atoms with Crippen LogP contribution in [0.15, 0.2) is 77.7 Å². The van der Waals surface area contributed by atoms with Gasteiger partial charge in [-0.05, 0) is 81.8 Å². The maximum atomic E-state index is 13.9. The van der Waals surface area contributed by atoms with Gasteiger partial charge in [0.1, 0.15) is 18.3 Å². The second-order valence-electron chi connectivity index (χ2n) is 8.97. The highest BCUT2D eigenvalue weighted by atomic mass is 35.5. The zero-order valence-corrected chi connectivity index (χ0v) is 24.1. The number of hydrogen-bond donors (Lipinski definition) is 1. The first kappa shape index (κ1) is 30.0. The van der Waals surface area contributed by atoms with Crippen LogP contribution in [-0.4, -0.2) is 50.9 Å². The molecule has 0 aliphatic heterocycles. The third kappa shape index (κ3) is 7.74. The van der Waals surface area contributed by atoms with Gasteiger partial charge in [-0.25, -0.2) is 8.42 Å². The number of nitrogens with one attached hydrogen (secondary N) is 1. The Labute approximate surface area is 235 Å². The predicted octanol–water partition coefficient (Wildman–Crippen LogP) is 4.80. The maximum Gasteiger partial charge on any atom is 0.264 e. The van der Waals surface area contributed by atoms with E-state index in [0.29, 0.717) is 35.2 Å². The molecule has 0 bridgehead atoms. The van der Waals surface area contributed by atoms with Gasteiger partial charge in [-0.15, -0.1) is 0 Å². The van der Waals surface area contributed by atoms with E-state index in [4.69, 9.17) is 16.3 Å². The lowest BCUT2D eigenvalue weighted by Gasteiger charge is -2.32. The second-order valence-corrected chi connectivity index (χ2v) is 11.3. The number of rotatable bonds is 12. The number of hydrogen-bond acceptors (Lipinski definition) is 5. The molecule has 0 heterocycles. The van der Waals surface area contributed by atoms with E-state index in [-0.39, 0.29) is 17.3 Å². The van der Waals surface area contributed by atoms with Crippen LogP contribution in [0.3, 0.4) is 0 Å². The smallest absolute Gasteiger partial charge is 0.264 e. The van der Waals surface area contributed by atoms with Gasteiger partial charge in [0.15, 0.2) is 0 Å². The van der Waals surface area contributed by atoms with Crippen molar-refractivity contribution < 1.29 is 22.7 Å². The van der Waals surface area contributed by atoms with Crippen molar-refractivity contribution in [2.24, 2.45) is 0 Å². The molecule has 1 atom stereocenters. The highest BCUT2D eigenvalue weighted by Crippen LogP contribution is 2.26. The number of carbonyl (C=O) groups excluding carboxylic acids is 2. The minimum atomic E-state index is -4.15. The molecule has 0 aliphatic rings. The standard InChI is InChI=1S/C29H34ClN3O5S/c1-5-31-29(35)22(4)32(19-23-8-7-9-24(30)18-23)28(34)20-33(25-12-10-21(3)11-13-25)39(36,37)27-16-14-26(15-17-27)38-6-2/h7-18,22H,5-6,19-20H2,1-4H3,(H,31,35)/t22-/m1/s1. The van der Waals surface area contributed by atoms with Crippen LogP contribution in [-0.2, 0) is 26.2 Å². The number of benzene rings is 3. The molecule has 0 radical (unpaired) electrons. The van der Waals surface area contributed by atoms with Gasteiger partial charge in [-0.1, -0.05) is 41.4 Å². The number of carbonyl (C=O) groups is 2. The lowest BCUT2D eigenvalue weighted by atomic mass is 10.1. The maximum absolute atomic E-state index is 13.9. The van der Waals surface area contributed by atoms with Gasteiger partial charge in [0.25, 0.3) is 10.0 Å². The number of nitrogens with zero attached hydrogens (tertiary/aromatic N) is 2. The van der Waals surface area contributed by atoms with E-state index in [0.717, 1.165) is 9.87 Å². The first-order chi connectivity index (χ1) is 18.6. The van der Waals surface area contributed by atoms with Crippen LogP contribution < -0.4 is 14.4 Å². The predicted molar refractivity (Wildman–Crippen MR) is 153 cm³/mol. The molecule has 0 unspecified atom stereocenters. The van der Waals surface area contributed by atoms with Crippen LogP contribution >= 0.6 is 11.6 Å². The number of anilines is 1. The summed E-state index contributed by atoms with van der Waals surface area (Å²) in [7, 11) is -4.15. The van der Waals surface area contributed by atoms with Crippen molar-refractivity contribution in [3.63, 3.8) is 0 Å². The van der Waals surface area contributed by atoms with Crippen molar-refractivity contribution >= 4 is 39.1 Å². The molecule has 0 saturated carbocycles. The van der Waals surface area contributed by atoms with Crippen LogP contribution in [0.2, 0.25) is 5.02 Å². The quantitative estimate of drug-likeness (QED) is 0.337. The van der Waals surface area contributed by atoms with Crippen LogP contribution in [0.25, 0.3) is 0 Å². The van der Waals surface area contributed by atoms with Crippen LogP contribution in [0, 0.1) is 6.92 Å². The molecule has 0 aromatic heterocycles. The largest absolute Gasteiger partial charge is 0.494 e. The molecule has 0 aliphatic carbocycles. The minimum Gasteiger partial charge on any atom is -0.494 e. The summed E-state index contributed by atoms with van der Waals surface area (Å²) in [4.78, 5) is 28.0. The molecule has 3 aromatic rings. The van der Waals surface area contributed by atoms with Crippen molar-refractivity contribution in [2.45, 2.75) is 45.2 Å². The number of halogens is 1. The fourth-order valence-electron chi connectivity index (χ4n) is 3.98. The van der Waals surface area contributed by atoms with E-state index in [1.165, 1.54) is 17.0 Å². The molecule has 208 valence electrons. The number of ether oxygens (including phenoxy) is 1. The third-order valence-electron chi connectivity index (χ3n) is 6.08. The number of likely N-dealkylation sites (N-methyl/N-ethyl adjacent to an activating group) is 1. The first-order valence-corrected chi connectivity index (χ1v) is 14.5. The number of amides is 2. The molecule has 0 saturated heterocycles. The molecule has 10 heteroatoms. The van der Waals surface area contributed by atoms with Gasteiger partial charge in [-0.3, -0.25) is 13.9 Å². The van der Waals surface area contributed by atoms with Crippen molar-refractivity contribution in [1.29, 1.82) is 0 Å². The molecule has 3 rings (SSSR count). The average molecular weight is 572 g/mol. The fraction of sp³-hybridized carbons (Fsp3) is 0.310. The van der Waals surface area contributed by atoms with E-state index in [9.17, 15) is 18.0 Å². The van der Waals surface area contributed by atoms with Gasteiger partial charge in [0, 0.05) is 18.1 Å². The topological polar surface area (TPSA) is 96.0 Å². The Morgan fingerprint density at radius 3 is 2.26 bits per heavy atom. The Balaban J connectivity index is 2.01. The molecular weight excluding hydrogens is 538 g/mol. The number of aryl methyl sites for hydroxylation is 1. The van der Waals surface area contributed by atoms with Gasteiger partial charge in [-0.2, -0.15) is 0 Å². The molecule has 2 amide bonds. The second kappa shape index (κ2) is 13.5.